The van der Waals surface area contributed by atoms with Gasteiger partial charge in [-0.3, -0.25) is 0 Å². The van der Waals surface area contributed by atoms with Crippen LogP contribution in [0.2, 0.25) is 0 Å². The maximum atomic E-state index is 12.4. The van der Waals surface area contributed by atoms with Gasteiger partial charge in [-0.25, -0.2) is 16.8 Å². The molecule has 0 unspecified atom stereocenters. The number of benzene rings is 4. The monoisotopic (exact) mass is 1390 g/mol. The van der Waals surface area contributed by atoms with Crippen LogP contribution in [-0.4, -0.2) is 74.8 Å². The molecule has 0 aliphatic carbocycles. The first-order valence-electron chi connectivity index (χ1n) is 38.0. The van der Waals surface area contributed by atoms with Gasteiger partial charge in [-0.15, -0.1) is 0 Å². The van der Waals surface area contributed by atoms with Gasteiger partial charge in [0.05, 0.1) is 9.79 Å². The topological polar surface area (TPSA) is 114 Å². The molecule has 6 nitrogen and oxygen atoms in total. The minimum atomic E-state index is -4.52. The first-order valence-corrected chi connectivity index (χ1v) is 40.8. The molecule has 4 aromatic rings. The first kappa shape index (κ1) is 83.9. The molecule has 0 heterocycles. The van der Waals surface area contributed by atoms with E-state index in [0.717, 1.165) is 108 Å². The van der Waals surface area contributed by atoms with E-state index in [-0.39, 0.29) is 58.7 Å². The molecule has 0 fully saturated rings. The van der Waals surface area contributed by atoms with E-state index in [0.29, 0.717) is 12.8 Å². The summed E-state index contributed by atoms with van der Waals surface area (Å²) in [5.41, 5.74) is 3.53. The Morgan fingerprint density at radius 1 is 0.247 bits per heavy atom. The van der Waals surface area contributed by atoms with Crippen LogP contribution in [0.25, 0.3) is 21.5 Å². The van der Waals surface area contributed by atoms with Crippen molar-refractivity contribution in [1.82, 2.24) is 0 Å². The second-order valence-corrected chi connectivity index (χ2v) is 29.7. The summed E-state index contributed by atoms with van der Waals surface area (Å²) in [6.45, 7) is 9.08. The SMILES string of the molecule is CCCCCCCCCCCCCCCc1cc(S(=O)(=O)[O-])c(CCCCCCCCCCCCCCC)c2ccccc12.CCCCCCCCCCCCCCCc1cc(S(=O)(=O)[O-])c(CCCCCCCCCCCCCCC)c2ccccc12.[Ba+2]. The molecule has 89 heavy (non-hydrogen) atoms. The van der Waals surface area contributed by atoms with Crippen molar-refractivity contribution in [2.75, 3.05) is 0 Å². The molecule has 0 saturated heterocycles. The Morgan fingerprint density at radius 2 is 0.416 bits per heavy atom. The predicted molar refractivity (Wildman–Crippen MR) is 387 cm³/mol. The maximum absolute atomic E-state index is 12.4. The van der Waals surface area contributed by atoms with Crippen LogP contribution in [0.3, 0.4) is 0 Å². The van der Waals surface area contributed by atoms with Crippen molar-refractivity contribution >= 4 is 90.7 Å². The molecular formula is C80H134BaO6S2. The van der Waals surface area contributed by atoms with Crippen LogP contribution in [0, 0.1) is 0 Å². The molecule has 0 atom stereocenters. The van der Waals surface area contributed by atoms with E-state index < -0.39 is 20.2 Å². The van der Waals surface area contributed by atoms with Crippen molar-refractivity contribution in [3.63, 3.8) is 0 Å². The molecule has 0 aliphatic rings. The van der Waals surface area contributed by atoms with E-state index in [9.17, 15) is 25.9 Å². The Kier molecular flexibility index (Phi) is 52.8. The van der Waals surface area contributed by atoms with Crippen LogP contribution in [0.15, 0.2) is 70.5 Å². The second kappa shape index (κ2) is 56.0. The third-order valence-corrected chi connectivity index (χ3v) is 20.9. The number of hydrogen-bond acceptors (Lipinski definition) is 6. The fourth-order valence-electron chi connectivity index (χ4n) is 13.6. The molecule has 0 aliphatic heterocycles. The normalized spacial score (nSPS) is 11.8. The van der Waals surface area contributed by atoms with E-state index in [1.807, 2.05) is 36.4 Å². The number of fused-ring (bicyclic) bond motifs is 2. The van der Waals surface area contributed by atoms with Gasteiger partial charge in [-0.1, -0.05) is 384 Å². The van der Waals surface area contributed by atoms with Crippen LogP contribution in [-0.2, 0) is 45.9 Å². The molecule has 0 N–H and O–H groups in total. The largest absolute Gasteiger partial charge is 2.00 e. The van der Waals surface area contributed by atoms with E-state index >= 15 is 0 Å². The van der Waals surface area contributed by atoms with Gasteiger partial charge in [0.1, 0.15) is 20.2 Å². The molecule has 0 amide bonds. The molecule has 0 saturated carbocycles. The Hall–Kier alpha value is -1.21. The Labute approximate surface area is 591 Å². The summed E-state index contributed by atoms with van der Waals surface area (Å²) in [7, 11) is -9.05. The summed E-state index contributed by atoms with van der Waals surface area (Å²) in [6.07, 6.45) is 70.4. The van der Waals surface area contributed by atoms with Crippen LogP contribution < -0.4 is 0 Å². The number of unbranched alkanes of at least 4 members (excludes halogenated alkanes) is 48. The van der Waals surface area contributed by atoms with Crippen molar-refractivity contribution in [3.8, 4) is 0 Å². The smallest absolute Gasteiger partial charge is 0.744 e. The average Bonchev–Trinajstić information content (AvgIpc) is 1.04. The molecule has 504 valence electrons. The summed E-state index contributed by atoms with van der Waals surface area (Å²) >= 11 is 0. The Bertz CT molecular complexity index is 2370. The number of aryl methyl sites for hydroxylation is 4. The van der Waals surface area contributed by atoms with E-state index in [4.69, 9.17) is 0 Å². The number of hydrogen-bond donors (Lipinski definition) is 0. The van der Waals surface area contributed by atoms with Gasteiger partial charge < -0.3 is 9.11 Å². The van der Waals surface area contributed by atoms with Gasteiger partial charge in [-0.05, 0) is 107 Å². The summed E-state index contributed by atoms with van der Waals surface area (Å²) in [6, 6.07) is 19.8. The first-order chi connectivity index (χ1) is 43.0. The minimum Gasteiger partial charge on any atom is -0.744 e. The molecule has 0 aromatic heterocycles. The maximum Gasteiger partial charge on any atom is 2.00 e. The summed E-state index contributed by atoms with van der Waals surface area (Å²) < 4.78 is 74.5. The average molecular weight is 1390 g/mol. The quantitative estimate of drug-likeness (QED) is 0.0247. The fraction of sp³-hybridized carbons (Fsp3) is 0.750. The summed E-state index contributed by atoms with van der Waals surface area (Å²) in [4.78, 5) is 0.0552. The van der Waals surface area contributed by atoms with E-state index in [1.54, 1.807) is 12.1 Å². The molecule has 0 radical (unpaired) electrons. The summed E-state index contributed by atoms with van der Waals surface area (Å²) in [5.74, 6) is 0. The van der Waals surface area contributed by atoms with Crippen LogP contribution in [0.4, 0.5) is 0 Å². The zero-order valence-electron chi connectivity index (χ0n) is 58.3. The van der Waals surface area contributed by atoms with Gasteiger partial charge in [0, 0.05) is 0 Å². The zero-order chi connectivity index (χ0) is 63.4. The van der Waals surface area contributed by atoms with E-state index in [1.165, 1.54) is 283 Å². The van der Waals surface area contributed by atoms with Gasteiger partial charge in [0.25, 0.3) is 0 Å². The third-order valence-electron chi connectivity index (χ3n) is 19.1. The third kappa shape index (κ3) is 40.1. The second-order valence-electron chi connectivity index (χ2n) is 27.0. The van der Waals surface area contributed by atoms with Gasteiger partial charge in [-0.2, -0.15) is 0 Å². The van der Waals surface area contributed by atoms with E-state index in [2.05, 4.69) is 39.8 Å². The van der Waals surface area contributed by atoms with Crippen molar-refractivity contribution in [3.05, 3.63) is 82.9 Å². The van der Waals surface area contributed by atoms with Gasteiger partial charge in [0.15, 0.2) is 0 Å². The predicted octanol–water partition coefficient (Wildman–Crippen LogP) is 25.6. The molecule has 4 rings (SSSR count). The van der Waals surface area contributed by atoms with Crippen LogP contribution >= 0.6 is 0 Å². The Morgan fingerprint density at radius 3 is 0.607 bits per heavy atom. The molecule has 4 aromatic carbocycles. The fourth-order valence-corrected chi connectivity index (χ4v) is 15.2. The van der Waals surface area contributed by atoms with Crippen LogP contribution in [0.5, 0.6) is 0 Å². The Balaban J connectivity index is 0.000000600. The minimum absolute atomic E-state index is 0. The molecule has 9 heteroatoms. The molecule has 0 bridgehead atoms. The molecule has 0 spiro atoms. The van der Waals surface area contributed by atoms with Gasteiger partial charge in [0.2, 0.25) is 0 Å². The van der Waals surface area contributed by atoms with Crippen LogP contribution in [0.1, 0.15) is 384 Å². The van der Waals surface area contributed by atoms with Crippen molar-refractivity contribution in [2.24, 2.45) is 0 Å². The van der Waals surface area contributed by atoms with Crippen molar-refractivity contribution < 1.29 is 25.9 Å². The van der Waals surface area contributed by atoms with Crippen molar-refractivity contribution in [1.29, 1.82) is 0 Å². The zero-order valence-corrected chi connectivity index (χ0v) is 64.4. The standard InChI is InChI=1S/2C40H68O3S.Ba/c2*1-3-5-7-9-11-13-15-17-19-21-23-25-27-31-36-35-40(44(41,42)43)39(38-33-30-29-32-37(36)38)34-28-26-24-22-20-18-16-14-12-10-8-6-4-2;/h2*29-30,32-33,35H,3-28,31,34H2,1-2H3,(H,41,42,43);/q;;+2/p-2. The van der Waals surface area contributed by atoms with Crippen molar-refractivity contribution in [2.45, 2.75) is 397 Å². The van der Waals surface area contributed by atoms with Gasteiger partial charge >= 0.3 is 48.9 Å². The molecular weight excluding hydrogens is 1260 g/mol. The number of rotatable bonds is 58. The summed E-state index contributed by atoms with van der Waals surface area (Å²) in [5, 5.41) is 4.19.